The van der Waals surface area contributed by atoms with E-state index in [9.17, 15) is 44.0 Å². The lowest BCUT2D eigenvalue weighted by Crippen LogP contribution is -2.64. The first-order valence-corrected chi connectivity index (χ1v) is 22.8. The normalized spacial score (nSPS) is 20.8. The van der Waals surface area contributed by atoms with Gasteiger partial charge in [-0.25, -0.2) is 9.13 Å². The third-order valence-corrected chi connectivity index (χ3v) is 9.85. The molecule has 20 heteroatoms. The number of phosphoric ester groups is 2. The van der Waals surface area contributed by atoms with Crippen LogP contribution in [0.2, 0.25) is 0 Å². The summed E-state index contributed by atoms with van der Waals surface area (Å²) in [7, 11) is -10.4. The van der Waals surface area contributed by atoms with Gasteiger partial charge in [-0.2, -0.15) is 0 Å². The summed E-state index contributed by atoms with van der Waals surface area (Å²) in [6, 6.07) is 2.41. The van der Waals surface area contributed by atoms with E-state index in [4.69, 9.17) is 39.8 Å². The van der Waals surface area contributed by atoms with Crippen molar-refractivity contribution < 1.29 is 94.8 Å². The van der Waals surface area contributed by atoms with Crippen LogP contribution < -0.4 is 5.32 Å². The Labute approximate surface area is 366 Å². The highest BCUT2D eigenvalue weighted by Gasteiger charge is 2.54. The van der Waals surface area contributed by atoms with Crippen LogP contribution in [0.4, 0.5) is 0 Å². The largest absolute Gasteiger partial charge is 0.472 e. The van der Waals surface area contributed by atoms with Gasteiger partial charge in [0.1, 0.15) is 49.5 Å². The molecule has 356 valence electrons. The lowest BCUT2D eigenvalue weighted by Gasteiger charge is -2.43. The summed E-state index contributed by atoms with van der Waals surface area (Å²) in [4.78, 5) is 51.2. The molecule has 0 heterocycles. The van der Waals surface area contributed by atoms with Crippen molar-refractivity contribution in [3.63, 3.8) is 0 Å². The molecule has 1 rings (SSSR count). The number of rotatable bonds is 27. The Balaban J connectivity index is -0.000000151. The number of hydrogen-bond donors (Lipinski definition) is 9. The molecule has 1 aliphatic carbocycles. The summed E-state index contributed by atoms with van der Waals surface area (Å²) in [5.74, 6) is 18.3. The van der Waals surface area contributed by atoms with Gasteiger partial charge in [-0.05, 0) is 36.5 Å². The van der Waals surface area contributed by atoms with E-state index in [1.165, 1.54) is 51.4 Å². The second-order valence-electron chi connectivity index (χ2n) is 13.4. The molecule has 0 radical (unpaired) electrons. The summed E-state index contributed by atoms with van der Waals surface area (Å²) in [6.45, 7) is 2.20. The molecule has 5 unspecified atom stereocenters. The van der Waals surface area contributed by atoms with E-state index in [1.54, 1.807) is 0 Å². The Morgan fingerprint density at radius 1 is 0.667 bits per heavy atom. The van der Waals surface area contributed by atoms with Gasteiger partial charge in [0.15, 0.2) is 0 Å². The molecule has 0 aromatic carbocycles. The average molecular weight is 908 g/mol. The zero-order valence-corrected chi connectivity index (χ0v) is 36.0. The minimum Gasteiger partial charge on any atom is -0.457 e. The lowest BCUT2D eigenvalue weighted by atomic mass is 9.85. The van der Waals surface area contributed by atoms with Crippen molar-refractivity contribution in [3.05, 3.63) is 0 Å². The third-order valence-electron chi connectivity index (χ3n) is 8.35. The molecular formula is C40H79NO17P2. The number of amides is 1. The predicted molar refractivity (Wildman–Crippen MR) is 237 cm³/mol. The van der Waals surface area contributed by atoms with Gasteiger partial charge < -0.3 is 49.7 Å². The fraction of sp³-hybridized carbons (Fsp3) is 0.700. The highest BCUT2D eigenvalue weighted by molar-refractivity contribution is 7.47. The highest BCUT2D eigenvalue weighted by Crippen LogP contribution is 2.48. The second kappa shape index (κ2) is 34.3. The topological polar surface area (TPSA) is 288 Å². The molecule has 9 N–H and O–H groups in total. The van der Waals surface area contributed by atoms with Gasteiger partial charge in [0.2, 0.25) is 5.91 Å². The maximum absolute atomic E-state index is 12.5. The molecule has 0 saturated heterocycles. The third kappa shape index (κ3) is 29.1. The van der Waals surface area contributed by atoms with E-state index in [-0.39, 0.29) is 25.2 Å². The van der Waals surface area contributed by atoms with E-state index in [0.717, 1.165) is 32.1 Å². The molecule has 0 aliphatic heterocycles. The number of aliphatic hydroxyl groups is 5. The molecule has 1 amide bonds. The molecule has 1 fully saturated rings. The standard InChI is InChI=1S/C26H52O16P2.C14H9NO.9H2/c1-2-3-4-5-6-7-8-9-10-11-12-13-14-15-20(28)40-19(16-38-18-27)17-39-44(36,37)42-26-23(31)21(29)25(22(30)24(26)32)41-43(33,34)35;1-3-5-6-7-8-9-10-11-13-15-14(16)12-4-2;;;;;;;;;/h19,21-27,29-32H,2-18H2,1H3,(H,36,37)(H2,33,34,35);1H,4,12H2,2H3,(H,15,16);9*1H/t19-,21+,22?,23?,24+,25?,26?;;;;;;;;;;/m1........../s1. The minimum atomic E-state index is -5.27. The lowest BCUT2D eigenvalue weighted by molar-refractivity contribution is -0.216. The zero-order valence-electron chi connectivity index (χ0n) is 34.2. The Hall–Kier alpha value is -3.28. The first-order valence-electron chi connectivity index (χ1n) is 19.8. The maximum atomic E-state index is 12.5. The number of terminal acetylenes is 1. The Bertz CT molecular complexity index is 1660. The number of carbonyl (C=O) groups excluding carboxylic acids is 2. The summed E-state index contributed by atoms with van der Waals surface area (Å²) in [5, 5.41) is 51.9. The van der Waals surface area contributed by atoms with Crippen molar-refractivity contribution >= 4 is 27.5 Å². The number of phosphoric acid groups is 2. The van der Waals surface area contributed by atoms with Crippen LogP contribution in [0.3, 0.4) is 0 Å². The molecule has 60 heavy (non-hydrogen) atoms. The molecule has 0 spiro atoms. The average Bonchev–Trinajstić information content (AvgIpc) is 3.19. The summed E-state index contributed by atoms with van der Waals surface area (Å²) in [6.07, 6.45) is 6.42. The number of unbranched alkanes of at least 4 members (excludes halogenated alkanes) is 12. The number of ether oxygens (including phenoxy) is 2. The van der Waals surface area contributed by atoms with E-state index in [2.05, 4.69) is 70.2 Å². The minimum absolute atomic E-state index is 0. The fourth-order valence-corrected chi connectivity index (χ4v) is 6.94. The van der Waals surface area contributed by atoms with Crippen LogP contribution in [-0.4, -0.2) is 115 Å². The van der Waals surface area contributed by atoms with Crippen LogP contribution in [0.15, 0.2) is 0 Å². The van der Waals surface area contributed by atoms with Gasteiger partial charge in [-0.1, -0.05) is 90.9 Å². The number of hydrogen-bond acceptors (Lipinski definition) is 14. The molecule has 1 aliphatic rings. The summed E-state index contributed by atoms with van der Waals surface area (Å²) >= 11 is 0. The SMILES string of the molecule is C#CC#CC#CC#CC#CNC(=O)CCC.CCCCCCCCCCCCCCCC(=O)O[C@H](COCO)COP(=O)(O)OC1C(O)[C@H](O)C(OP(=O)(O)O)C(O)[C@@H]1O.[HH].[HH].[HH].[HH].[HH].[HH].[HH].[HH].[HH]. The van der Waals surface area contributed by atoms with E-state index < -0.39 is 84.3 Å². The van der Waals surface area contributed by atoms with Crippen molar-refractivity contribution in [1.29, 1.82) is 0 Å². The number of esters is 1. The van der Waals surface area contributed by atoms with Crippen molar-refractivity contribution in [1.82, 2.24) is 5.32 Å². The molecule has 0 aromatic heterocycles. The predicted octanol–water partition coefficient (Wildman–Crippen LogP) is 4.50. The van der Waals surface area contributed by atoms with Gasteiger partial charge in [0.05, 0.1) is 13.2 Å². The Morgan fingerprint density at radius 3 is 1.60 bits per heavy atom. The second-order valence-corrected chi connectivity index (χ2v) is 16.0. The summed E-state index contributed by atoms with van der Waals surface area (Å²) < 4.78 is 47.3. The van der Waals surface area contributed by atoms with Crippen LogP contribution in [0.1, 0.15) is 129 Å². The fourth-order valence-electron chi connectivity index (χ4n) is 5.40. The first kappa shape index (κ1) is 56.7. The first-order chi connectivity index (χ1) is 28.5. The van der Waals surface area contributed by atoms with Crippen LogP contribution in [0, 0.1) is 59.8 Å². The van der Waals surface area contributed by atoms with Crippen LogP contribution in [0.25, 0.3) is 0 Å². The van der Waals surface area contributed by atoms with Crippen LogP contribution in [0.5, 0.6) is 0 Å². The van der Waals surface area contributed by atoms with E-state index in [1.807, 2.05) is 6.92 Å². The number of nitrogens with one attached hydrogen (secondary N) is 1. The molecule has 1 saturated carbocycles. The van der Waals surface area contributed by atoms with Gasteiger partial charge in [0, 0.05) is 55.4 Å². The van der Waals surface area contributed by atoms with Gasteiger partial charge in [0.25, 0.3) is 0 Å². The number of carbonyl (C=O) groups is 2. The van der Waals surface area contributed by atoms with Gasteiger partial charge in [-0.15, -0.1) is 6.42 Å². The van der Waals surface area contributed by atoms with Gasteiger partial charge >= 0.3 is 21.6 Å². The van der Waals surface area contributed by atoms with Crippen molar-refractivity contribution in [2.75, 3.05) is 20.0 Å². The zero-order chi connectivity index (χ0) is 45.2. The molecule has 8 atom stereocenters. The van der Waals surface area contributed by atoms with Crippen LogP contribution >= 0.6 is 15.6 Å². The molecular weight excluding hydrogens is 828 g/mol. The monoisotopic (exact) mass is 907 g/mol. The summed E-state index contributed by atoms with van der Waals surface area (Å²) in [5.41, 5.74) is 0. The number of aliphatic hydroxyl groups excluding tert-OH is 5. The van der Waals surface area contributed by atoms with E-state index in [0.29, 0.717) is 12.8 Å². The van der Waals surface area contributed by atoms with Crippen LogP contribution in [-0.2, 0) is 41.8 Å². The van der Waals surface area contributed by atoms with Gasteiger partial charge in [-0.3, -0.25) is 28.5 Å². The smallest absolute Gasteiger partial charge is 0.457 e. The Kier molecular flexibility index (Phi) is 32.4. The Morgan fingerprint density at radius 2 is 1.13 bits per heavy atom. The van der Waals surface area contributed by atoms with E-state index >= 15 is 0 Å². The van der Waals surface area contributed by atoms with Crippen molar-refractivity contribution in [3.8, 4) is 59.8 Å². The quantitative estimate of drug-likeness (QED) is 0.0137. The highest BCUT2D eigenvalue weighted by atomic mass is 31.2. The molecule has 0 bridgehead atoms. The molecule has 18 nitrogen and oxygen atoms in total. The molecule has 0 aromatic rings. The van der Waals surface area contributed by atoms with Crippen molar-refractivity contribution in [2.24, 2.45) is 0 Å². The van der Waals surface area contributed by atoms with Crippen molar-refractivity contribution in [2.45, 2.75) is 159 Å². The maximum Gasteiger partial charge on any atom is 0.472 e.